The van der Waals surface area contributed by atoms with Crippen molar-refractivity contribution in [2.75, 3.05) is 18.8 Å². The van der Waals surface area contributed by atoms with Gasteiger partial charge in [0.2, 0.25) is 0 Å². The zero-order valence-electron chi connectivity index (χ0n) is 15.6. The van der Waals surface area contributed by atoms with Crippen LogP contribution in [0.2, 0.25) is 0 Å². The molecule has 1 fully saturated rings. The number of aromatic amines is 1. The Morgan fingerprint density at radius 2 is 2.11 bits per heavy atom. The molecule has 27 heavy (non-hydrogen) atoms. The molecule has 2 rings (SSSR count). The second-order valence-electron chi connectivity index (χ2n) is 6.34. The molecule has 1 aliphatic rings. The molecular weight excluding hydrogens is 376 g/mol. The number of carbonyl (C=O) groups excluding carboxylic acids is 2. The van der Waals surface area contributed by atoms with E-state index in [1.807, 2.05) is 6.26 Å². The third-order valence-electron chi connectivity index (χ3n) is 4.13. The van der Waals surface area contributed by atoms with Crippen molar-refractivity contribution in [3.8, 4) is 0 Å². The van der Waals surface area contributed by atoms with Gasteiger partial charge in [-0.25, -0.2) is 4.79 Å². The van der Waals surface area contributed by atoms with Gasteiger partial charge in [0.05, 0.1) is 18.5 Å². The van der Waals surface area contributed by atoms with Gasteiger partial charge in [-0.2, -0.15) is 0 Å². The highest BCUT2D eigenvalue weighted by Crippen LogP contribution is 2.30. The molecular formula is C17H24N2O7S. The quantitative estimate of drug-likeness (QED) is 0.477. The van der Waals surface area contributed by atoms with Crippen molar-refractivity contribution >= 4 is 23.5 Å². The first-order chi connectivity index (χ1) is 12.8. The first kappa shape index (κ1) is 21.4. The van der Waals surface area contributed by atoms with Gasteiger partial charge in [0.25, 0.3) is 5.56 Å². The number of thioether (sulfide) groups is 1. The number of Topliss-reactive ketones (excluding diaryl/α,β-unsaturated/α-hetero) is 1. The van der Waals surface area contributed by atoms with E-state index in [9.17, 15) is 19.2 Å². The van der Waals surface area contributed by atoms with Gasteiger partial charge in [-0.1, -0.05) is 0 Å². The van der Waals surface area contributed by atoms with E-state index in [1.54, 1.807) is 6.92 Å². The standard InChI is InChI=1S/C17H24N2O7S/c1-10-7-19(17(23)18-16(10)22)14-6-12(25-9-27-3)13(26-14)8-24-15(21)5-4-11(2)20/h7,12-14H,4-6,8-9H2,1-3H3,(H,18,22,23)/t12-,13+,14+/m0/s1. The van der Waals surface area contributed by atoms with Crippen molar-refractivity contribution in [2.24, 2.45) is 0 Å². The van der Waals surface area contributed by atoms with Crippen LogP contribution >= 0.6 is 11.8 Å². The first-order valence-corrected chi connectivity index (χ1v) is 9.94. The number of carbonyl (C=O) groups is 2. The largest absolute Gasteiger partial charge is 0.463 e. The number of ether oxygens (including phenoxy) is 3. The Hall–Kier alpha value is -1.91. The number of rotatable bonds is 9. The number of hydrogen-bond donors (Lipinski definition) is 1. The molecule has 10 heteroatoms. The fourth-order valence-corrected chi connectivity index (χ4v) is 2.99. The van der Waals surface area contributed by atoms with E-state index >= 15 is 0 Å². The third kappa shape index (κ3) is 6.05. The molecule has 2 heterocycles. The molecule has 1 aromatic heterocycles. The van der Waals surface area contributed by atoms with Crippen LogP contribution in [0.15, 0.2) is 15.8 Å². The average molecular weight is 400 g/mol. The molecule has 1 aromatic rings. The van der Waals surface area contributed by atoms with Crippen LogP contribution < -0.4 is 11.2 Å². The molecule has 3 atom stereocenters. The maximum absolute atomic E-state index is 12.1. The monoisotopic (exact) mass is 400 g/mol. The Bertz CT molecular complexity index is 788. The van der Waals surface area contributed by atoms with E-state index < -0.39 is 29.6 Å². The number of nitrogens with zero attached hydrogens (tertiary/aromatic N) is 1. The van der Waals surface area contributed by atoms with E-state index in [1.165, 1.54) is 29.4 Å². The molecule has 0 radical (unpaired) electrons. The van der Waals surface area contributed by atoms with E-state index in [0.29, 0.717) is 17.9 Å². The highest BCUT2D eigenvalue weighted by atomic mass is 32.2. The lowest BCUT2D eigenvalue weighted by molar-refractivity contribution is -0.151. The molecule has 1 saturated heterocycles. The topological polar surface area (TPSA) is 117 Å². The summed E-state index contributed by atoms with van der Waals surface area (Å²) in [4.78, 5) is 48.6. The predicted octanol–water partition coefficient (Wildman–Crippen LogP) is 0.751. The molecule has 0 amide bonds. The fourth-order valence-electron chi connectivity index (χ4n) is 2.68. The van der Waals surface area contributed by atoms with Gasteiger partial charge in [0.1, 0.15) is 24.7 Å². The lowest BCUT2D eigenvalue weighted by atomic mass is 10.2. The van der Waals surface area contributed by atoms with E-state index in [2.05, 4.69) is 4.98 Å². The second kappa shape index (κ2) is 9.86. The van der Waals surface area contributed by atoms with Crippen LogP contribution in [0.3, 0.4) is 0 Å². The number of hydrogen-bond acceptors (Lipinski definition) is 8. The van der Waals surface area contributed by atoms with Gasteiger partial charge >= 0.3 is 11.7 Å². The molecule has 9 nitrogen and oxygen atoms in total. The second-order valence-corrected chi connectivity index (χ2v) is 7.15. The van der Waals surface area contributed by atoms with Crippen LogP contribution in [0.5, 0.6) is 0 Å². The number of aromatic nitrogens is 2. The summed E-state index contributed by atoms with van der Waals surface area (Å²) in [5, 5.41) is 0. The SMILES string of the molecule is CSCO[C@H]1C[C@H](n2cc(C)c(=O)[nH]c2=O)O[C@@H]1COC(=O)CCC(C)=O. The number of esters is 1. The van der Waals surface area contributed by atoms with Gasteiger partial charge in [-0.3, -0.25) is 19.1 Å². The van der Waals surface area contributed by atoms with Gasteiger partial charge in [0.15, 0.2) is 0 Å². The Morgan fingerprint density at radius 3 is 2.78 bits per heavy atom. The van der Waals surface area contributed by atoms with Crippen LogP contribution in [0, 0.1) is 6.92 Å². The van der Waals surface area contributed by atoms with E-state index in [4.69, 9.17) is 14.2 Å². The normalized spacial score (nSPS) is 22.0. The fraction of sp³-hybridized carbons (Fsp3) is 0.647. The highest BCUT2D eigenvalue weighted by Gasteiger charge is 2.38. The number of H-pyrrole nitrogens is 1. The summed E-state index contributed by atoms with van der Waals surface area (Å²) in [6.07, 6.45) is 2.29. The van der Waals surface area contributed by atoms with Crippen LogP contribution in [0.4, 0.5) is 0 Å². The molecule has 1 aliphatic heterocycles. The Balaban J connectivity index is 2.06. The van der Waals surface area contributed by atoms with Crippen LogP contribution in [-0.4, -0.2) is 52.3 Å². The van der Waals surface area contributed by atoms with Gasteiger partial charge in [-0.05, 0) is 20.1 Å². The van der Waals surface area contributed by atoms with Gasteiger partial charge in [0, 0.05) is 24.6 Å². The van der Waals surface area contributed by atoms with Crippen LogP contribution in [0.25, 0.3) is 0 Å². The van der Waals surface area contributed by atoms with Crippen LogP contribution in [0.1, 0.15) is 38.0 Å². The van der Waals surface area contributed by atoms with Crippen molar-refractivity contribution in [2.45, 2.75) is 51.5 Å². The number of ketones is 1. The smallest absolute Gasteiger partial charge is 0.330 e. The molecule has 0 aromatic carbocycles. The Morgan fingerprint density at radius 1 is 1.37 bits per heavy atom. The van der Waals surface area contributed by atoms with Crippen molar-refractivity contribution in [1.29, 1.82) is 0 Å². The summed E-state index contributed by atoms with van der Waals surface area (Å²) in [6, 6.07) is 0. The summed E-state index contributed by atoms with van der Waals surface area (Å²) < 4.78 is 18.1. The van der Waals surface area contributed by atoms with Gasteiger partial charge in [-0.15, -0.1) is 11.8 Å². The van der Waals surface area contributed by atoms with Crippen molar-refractivity contribution in [1.82, 2.24) is 9.55 Å². The minimum Gasteiger partial charge on any atom is -0.463 e. The van der Waals surface area contributed by atoms with E-state index in [-0.39, 0.29) is 31.3 Å². The van der Waals surface area contributed by atoms with Crippen molar-refractivity contribution in [3.63, 3.8) is 0 Å². The lowest BCUT2D eigenvalue weighted by Crippen LogP contribution is -2.33. The minimum absolute atomic E-state index is 0.0143. The van der Waals surface area contributed by atoms with Crippen LogP contribution in [-0.2, 0) is 23.8 Å². The molecule has 0 saturated carbocycles. The number of nitrogens with one attached hydrogen (secondary N) is 1. The highest BCUT2D eigenvalue weighted by molar-refractivity contribution is 7.98. The molecule has 0 aliphatic carbocycles. The van der Waals surface area contributed by atoms with Gasteiger partial charge < -0.3 is 19.0 Å². The van der Waals surface area contributed by atoms with Crippen molar-refractivity contribution in [3.05, 3.63) is 32.6 Å². The summed E-state index contributed by atoms with van der Waals surface area (Å²) >= 11 is 1.49. The zero-order chi connectivity index (χ0) is 20.0. The summed E-state index contributed by atoms with van der Waals surface area (Å²) in [5.74, 6) is -0.147. The Kier molecular flexibility index (Phi) is 7.81. The molecule has 1 N–H and O–H groups in total. The molecule has 150 valence electrons. The molecule has 0 spiro atoms. The summed E-state index contributed by atoms with van der Waals surface area (Å²) in [5.41, 5.74) is -0.627. The maximum Gasteiger partial charge on any atom is 0.330 e. The lowest BCUT2D eigenvalue weighted by Gasteiger charge is -2.18. The van der Waals surface area contributed by atoms with E-state index in [0.717, 1.165) is 0 Å². The first-order valence-electron chi connectivity index (χ1n) is 8.55. The predicted molar refractivity (Wildman–Crippen MR) is 98.7 cm³/mol. The maximum atomic E-state index is 12.1. The average Bonchev–Trinajstić information content (AvgIpc) is 3.02. The third-order valence-corrected chi connectivity index (χ3v) is 4.50. The molecule has 0 bridgehead atoms. The summed E-state index contributed by atoms with van der Waals surface area (Å²) in [7, 11) is 0. The summed E-state index contributed by atoms with van der Waals surface area (Å²) in [6.45, 7) is 2.97. The Labute approximate surface area is 160 Å². The van der Waals surface area contributed by atoms with Crippen molar-refractivity contribution < 1.29 is 23.8 Å². The zero-order valence-corrected chi connectivity index (χ0v) is 16.4. The minimum atomic E-state index is -0.638. The number of aryl methyl sites for hydroxylation is 1. The molecule has 0 unspecified atom stereocenters.